The highest BCUT2D eigenvalue weighted by Crippen LogP contribution is 2.25. The van der Waals surface area contributed by atoms with Crippen molar-refractivity contribution < 1.29 is 17.9 Å². The molecule has 0 aliphatic carbocycles. The summed E-state index contributed by atoms with van der Waals surface area (Å²) in [5.74, 6) is 0.125. The van der Waals surface area contributed by atoms with Gasteiger partial charge in [-0.05, 0) is 24.3 Å². The van der Waals surface area contributed by atoms with E-state index in [1.807, 2.05) is 0 Å². The molecule has 0 fully saturated rings. The molecule has 0 spiro atoms. The Balaban J connectivity index is 1.89. The summed E-state index contributed by atoms with van der Waals surface area (Å²) in [7, 11) is -3.47. The van der Waals surface area contributed by atoms with Gasteiger partial charge in [-0.1, -0.05) is 37.6 Å². The van der Waals surface area contributed by atoms with Gasteiger partial charge >= 0.3 is 0 Å². The third kappa shape index (κ3) is 5.20. The fraction of sp³-hybridized carbons (Fsp3) is 0.353. The zero-order valence-corrected chi connectivity index (χ0v) is 17.0. The van der Waals surface area contributed by atoms with Crippen LogP contribution >= 0.6 is 22.9 Å². The summed E-state index contributed by atoms with van der Waals surface area (Å²) >= 11 is 7.11. The van der Waals surface area contributed by atoms with Crippen LogP contribution in [-0.4, -0.2) is 38.3 Å². The lowest BCUT2D eigenvalue weighted by Gasteiger charge is -2.16. The molecule has 1 amide bonds. The molecule has 0 saturated heterocycles. The molecular weight excluding hydrogens is 396 g/mol. The smallest absolute Gasteiger partial charge is 0.258 e. The maximum Gasteiger partial charge on any atom is 0.258 e. The molecule has 1 aromatic heterocycles. The minimum absolute atomic E-state index is 0.167. The Bertz CT molecular complexity index is 848. The number of halogens is 1. The Morgan fingerprint density at radius 1 is 1.19 bits per heavy atom. The number of benzene rings is 1. The minimum Gasteiger partial charge on any atom is -0.482 e. The van der Waals surface area contributed by atoms with Crippen LogP contribution in [0.2, 0.25) is 5.02 Å². The molecule has 0 bridgehead atoms. The number of para-hydroxylation sites is 1. The number of hydrogen-bond acceptors (Lipinski definition) is 5. The summed E-state index contributed by atoms with van der Waals surface area (Å²) in [6, 6.07) is 10.2. The standard InChI is InChI=1S/C17H21ClN2O4S2/c1-3-20(4-2)26(22,23)17-10-9-13(25-17)11-19-16(21)12-24-15-8-6-5-7-14(15)18/h5-10H,3-4,11-12H2,1-2H3,(H,19,21). The number of sulfonamides is 1. The van der Waals surface area contributed by atoms with Gasteiger partial charge in [0.2, 0.25) is 0 Å². The van der Waals surface area contributed by atoms with E-state index < -0.39 is 10.0 Å². The normalized spacial score (nSPS) is 11.5. The van der Waals surface area contributed by atoms with Gasteiger partial charge in [0.05, 0.1) is 11.6 Å². The van der Waals surface area contributed by atoms with Crippen molar-refractivity contribution in [2.45, 2.75) is 24.6 Å². The van der Waals surface area contributed by atoms with Gasteiger partial charge in [0.25, 0.3) is 15.9 Å². The Hall–Kier alpha value is -1.61. The van der Waals surface area contributed by atoms with E-state index in [0.29, 0.717) is 23.9 Å². The second-order valence-corrected chi connectivity index (χ2v) is 9.05. The number of rotatable bonds is 9. The van der Waals surface area contributed by atoms with Gasteiger partial charge in [0.1, 0.15) is 9.96 Å². The molecule has 142 valence electrons. The van der Waals surface area contributed by atoms with Gasteiger partial charge in [-0.25, -0.2) is 8.42 Å². The van der Waals surface area contributed by atoms with Crippen molar-refractivity contribution in [2.24, 2.45) is 0 Å². The molecule has 0 saturated carbocycles. The summed E-state index contributed by atoms with van der Waals surface area (Å²) in [6.45, 7) is 4.51. The predicted molar refractivity (Wildman–Crippen MR) is 103 cm³/mol. The number of nitrogens with zero attached hydrogens (tertiary/aromatic N) is 1. The van der Waals surface area contributed by atoms with E-state index in [0.717, 1.165) is 16.2 Å². The van der Waals surface area contributed by atoms with Crippen molar-refractivity contribution in [1.82, 2.24) is 9.62 Å². The van der Waals surface area contributed by atoms with Crippen LogP contribution in [0.4, 0.5) is 0 Å². The summed E-state index contributed by atoms with van der Waals surface area (Å²) in [5, 5.41) is 3.14. The predicted octanol–water partition coefficient (Wildman–Crippen LogP) is 3.13. The molecular formula is C17H21ClN2O4S2. The van der Waals surface area contributed by atoms with Crippen molar-refractivity contribution >= 4 is 38.9 Å². The molecule has 1 N–H and O–H groups in total. The molecule has 2 aromatic rings. The summed E-state index contributed by atoms with van der Waals surface area (Å²) < 4.78 is 31.9. The van der Waals surface area contributed by atoms with Crippen molar-refractivity contribution in [3.05, 3.63) is 46.3 Å². The fourth-order valence-electron chi connectivity index (χ4n) is 2.22. The second kappa shape index (κ2) is 9.36. The number of thiophene rings is 1. The number of amides is 1. The molecule has 1 aromatic carbocycles. The van der Waals surface area contributed by atoms with Crippen LogP contribution in [0.3, 0.4) is 0 Å². The van der Waals surface area contributed by atoms with Crippen molar-refractivity contribution in [2.75, 3.05) is 19.7 Å². The topological polar surface area (TPSA) is 75.7 Å². The first kappa shape index (κ1) is 20.7. The number of carbonyl (C=O) groups is 1. The number of nitrogens with one attached hydrogen (secondary N) is 1. The van der Waals surface area contributed by atoms with Crippen LogP contribution in [-0.2, 0) is 21.4 Å². The lowest BCUT2D eigenvalue weighted by atomic mass is 10.3. The van der Waals surface area contributed by atoms with E-state index in [1.165, 1.54) is 4.31 Å². The van der Waals surface area contributed by atoms with E-state index >= 15 is 0 Å². The zero-order chi connectivity index (χ0) is 19.2. The Morgan fingerprint density at radius 2 is 1.88 bits per heavy atom. The number of carbonyl (C=O) groups excluding carboxylic acids is 1. The number of hydrogen-bond donors (Lipinski definition) is 1. The van der Waals surface area contributed by atoms with E-state index in [9.17, 15) is 13.2 Å². The minimum atomic E-state index is -3.47. The third-order valence-corrected chi connectivity index (χ3v) is 7.51. The molecule has 26 heavy (non-hydrogen) atoms. The molecule has 6 nitrogen and oxygen atoms in total. The summed E-state index contributed by atoms with van der Waals surface area (Å²) in [5.41, 5.74) is 0. The van der Waals surface area contributed by atoms with Crippen LogP contribution in [0, 0.1) is 0 Å². The van der Waals surface area contributed by atoms with Crippen molar-refractivity contribution in [1.29, 1.82) is 0 Å². The highest BCUT2D eigenvalue weighted by Gasteiger charge is 2.23. The highest BCUT2D eigenvalue weighted by molar-refractivity contribution is 7.91. The SMILES string of the molecule is CCN(CC)S(=O)(=O)c1ccc(CNC(=O)COc2ccccc2Cl)s1. The lowest BCUT2D eigenvalue weighted by Crippen LogP contribution is -2.30. The monoisotopic (exact) mass is 416 g/mol. The van der Waals surface area contributed by atoms with Crippen LogP contribution < -0.4 is 10.1 Å². The molecule has 0 aliphatic heterocycles. The quantitative estimate of drug-likeness (QED) is 0.681. The largest absolute Gasteiger partial charge is 0.482 e. The molecule has 0 atom stereocenters. The zero-order valence-electron chi connectivity index (χ0n) is 14.6. The lowest BCUT2D eigenvalue weighted by molar-refractivity contribution is -0.123. The first-order chi connectivity index (χ1) is 12.4. The van der Waals surface area contributed by atoms with Gasteiger partial charge in [-0.15, -0.1) is 11.3 Å². The van der Waals surface area contributed by atoms with E-state index in [-0.39, 0.29) is 23.3 Å². The molecule has 0 radical (unpaired) electrons. The average molecular weight is 417 g/mol. The molecule has 1 heterocycles. The second-order valence-electron chi connectivity index (χ2n) is 5.31. The highest BCUT2D eigenvalue weighted by atomic mass is 35.5. The van der Waals surface area contributed by atoms with Crippen molar-refractivity contribution in [3.63, 3.8) is 0 Å². The van der Waals surface area contributed by atoms with Crippen LogP contribution in [0.1, 0.15) is 18.7 Å². The molecule has 0 aliphatic rings. The van der Waals surface area contributed by atoms with Gasteiger partial charge < -0.3 is 10.1 Å². The Morgan fingerprint density at radius 3 is 2.54 bits per heavy atom. The third-order valence-electron chi connectivity index (χ3n) is 3.59. The van der Waals surface area contributed by atoms with Crippen LogP contribution in [0.15, 0.2) is 40.6 Å². The van der Waals surface area contributed by atoms with Crippen molar-refractivity contribution in [3.8, 4) is 5.75 Å². The van der Waals surface area contributed by atoms with Crippen LogP contribution in [0.25, 0.3) is 0 Å². The van der Waals surface area contributed by atoms with E-state index in [4.69, 9.17) is 16.3 Å². The summed E-state index contributed by atoms with van der Waals surface area (Å²) in [6.07, 6.45) is 0. The van der Waals surface area contributed by atoms with Gasteiger partial charge in [0, 0.05) is 18.0 Å². The maximum atomic E-state index is 12.5. The van der Waals surface area contributed by atoms with Gasteiger partial charge in [-0.3, -0.25) is 4.79 Å². The van der Waals surface area contributed by atoms with Crippen LogP contribution in [0.5, 0.6) is 5.75 Å². The van der Waals surface area contributed by atoms with E-state index in [1.54, 1.807) is 50.2 Å². The first-order valence-corrected chi connectivity index (χ1v) is 10.7. The maximum absolute atomic E-state index is 12.5. The molecule has 9 heteroatoms. The fourth-order valence-corrected chi connectivity index (χ4v) is 5.32. The van der Waals surface area contributed by atoms with E-state index in [2.05, 4.69) is 5.32 Å². The summed E-state index contributed by atoms with van der Waals surface area (Å²) in [4.78, 5) is 12.7. The van der Waals surface area contributed by atoms with Gasteiger partial charge in [0.15, 0.2) is 6.61 Å². The molecule has 2 rings (SSSR count). The Labute approximate surface area is 162 Å². The Kier molecular flexibility index (Phi) is 7.45. The molecule has 0 unspecified atom stereocenters. The first-order valence-electron chi connectivity index (χ1n) is 8.11. The average Bonchev–Trinajstić information content (AvgIpc) is 3.10. The number of ether oxygens (including phenoxy) is 1. The van der Waals surface area contributed by atoms with Gasteiger partial charge in [-0.2, -0.15) is 4.31 Å².